The molecule has 0 spiro atoms. The first-order valence-corrected chi connectivity index (χ1v) is 6.00. The first-order valence-electron chi connectivity index (χ1n) is 5.20. The number of carbonyl (C=O) groups is 1. The zero-order valence-electron chi connectivity index (χ0n) is 9.52. The molecule has 0 radical (unpaired) electrons. The van der Waals surface area contributed by atoms with Gasteiger partial charge in [-0.1, -0.05) is 6.07 Å². The molecule has 5 nitrogen and oxygen atoms in total. The standard InChI is InChI=1S/C11H15BrN2O3/c1-17-7-8(5-6-15)13-11(16)9-3-2-4-10(12)14-9/h2-4,8,15H,5-7H2,1H3,(H,13,16). The van der Waals surface area contributed by atoms with Crippen molar-refractivity contribution in [2.75, 3.05) is 20.3 Å². The summed E-state index contributed by atoms with van der Waals surface area (Å²) in [5.74, 6) is -0.276. The number of aliphatic hydroxyl groups is 1. The number of hydrogen-bond donors (Lipinski definition) is 2. The van der Waals surface area contributed by atoms with Gasteiger partial charge in [0.15, 0.2) is 0 Å². The van der Waals surface area contributed by atoms with Gasteiger partial charge in [-0.05, 0) is 34.5 Å². The van der Waals surface area contributed by atoms with Crippen LogP contribution in [0.15, 0.2) is 22.8 Å². The van der Waals surface area contributed by atoms with Crippen LogP contribution in [-0.4, -0.2) is 42.4 Å². The van der Waals surface area contributed by atoms with Gasteiger partial charge in [0.2, 0.25) is 0 Å². The summed E-state index contributed by atoms with van der Waals surface area (Å²) >= 11 is 3.20. The molecule has 0 fully saturated rings. The van der Waals surface area contributed by atoms with Crippen LogP contribution in [0, 0.1) is 0 Å². The van der Waals surface area contributed by atoms with Crippen molar-refractivity contribution in [2.24, 2.45) is 0 Å². The van der Waals surface area contributed by atoms with Crippen LogP contribution in [0.25, 0.3) is 0 Å². The van der Waals surface area contributed by atoms with Gasteiger partial charge < -0.3 is 15.2 Å². The number of aromatic nitrogens is 1. The highest BCUT2D eigenvalue weighted by Gasteiger charge is 2.14. The van der Waals surface area contributed by atoms with E-state index in [-0.39, 0.29) is 18.6 Å². The fourth-order valence-corrected chi connectivity index (χ4v) is 1.69. The normalized spacial score (nSPS) is 12.2. The molecule has 94 valence electrons. The third kappa shape index (κ3) is 4.80. The smallest absolute Gasteiger partial charge is 0.270 e. The van der Waals surface area contributed by atoms with Crippen molar-refractivity contribution in [1.29, 1.82) is 0 Å². The zero-order chi connectivity index (χ0) is 12.7. The lowest BCUT2D eigenvalue weighted by Crippen LogP contribution is -2.39. The Balaban J connectivity index is 2.63. The van der Waals surface area contributed by atoms with Gasteiger partial charge in [0.25, 0.3) is 5.91 Å². The number of aliphatic hydroxyl groups excluding tert-OH is 1. The molecule has 1 aromatic heterocycles. The first kappa shape index (κ1) is 14.1. The Morgan fingerprint density at radius 3 is 3.00 bits per heavy atom. The van der Waals surface area contributed by atoms with Crippen LogP contribution < -0.4 is 5.32 Å². The van der Waals surface area contributed by atoms with Gasteiger partial charge in [-0.2, -0.15) is 0 Å². The average molecular weight is 303 g/mol. The van der Waals surface area contributed by atoms with E-state index in [1.807, 2.05) is 0 Å². The summed E-state index contributed by atoms with van der Waals surface area (Å²) in [7, 11) is 1.55. The third-order valence-corrected chi connectivity index (χ3v) is 2.57. The highest BCUT2D eigenvalue weighted by molar-refractivity contribution is 9.10. The molecular formula is C11H15BrN2O3. The SMILES string of the molecule is COCC(CCO)NC(=O)c1cccc(Br)n1. The van der Waals surface area contributed by atoms with Gasteiger partial charge in [0.1, 0.15) is 10.3 Å². The van der Waals surface area contributed by atoms with Crippen LogP contribution in [0.4, 0.5) is 0 Å². The van der Waals surface area contributed by atoms with Crippen LogP contribution in [0.3, 0.4) is 0 Å². The summed E-state index contributed by atoms with van der Waals surface area (Å²) in [5, 5.41) is 11.6. The molecule has 0 bridgehead atoms. The summed E-state index contributed by atoms with van der Waals surface area (Å²) in [6.07, 6.45) is 0.452. The molecule has 6 heteroatoms. The summed E-state index contributed by atoms with van der Waals surface area (Å²) in [5.41, 5.74) is 0.332. The minimum Gasteiger partial charge on any atom is -0.396 e. The fraction of sp³-hybridized carbons (Fsp3) is 0.455. The summed E-state index contributed by atoms with van der Waals surface area (Å²) in [4.78, 5) is 15.9. The van der Waals surface area contributed by atoms with Crippen molar-refractivity contribution >= 4 is 21.8 Å². The lowest BCUT2D eigenvalue weighted by molar-refractivity contribution is 0.0873. The van der Waals surface area contributed by atoms with Crippen LogP contribution in [0.5, 0.6) is 0 Å². The second kappa shape index (κ2) is 7.37. The number of halogens is 1. The highest BCUT2D eigenvalue weighted by atomic mass is 79.9. The number of rotatable bonds is 6. The Labute approximate surface area is 108 Å². The number of pyridine rings is 1. The maximum atomic E-state index is 11.8. The maximum Gasteiger partial charge on any atom is 0.270 e. The van der Waals surface area contributed by atoms with Crippen LogP contribution in [0.1, 0.15) is 16.9 Å². The number of methoxy groups -OCH3 is 1. The molecule has 2 N–H and O–H groups in total. The quantitative estimate of drug-likeness (QED) is 0.768. The molecule has 1 aromatic rings. The first-order chi connectivity index (χ1) is 8.17. The van der Waals surface area contributed by atoms with E-state index in [1.165, 1.54) is 0 Å². The van der Waals surface area contributed by atoms with E-state index in [2.05, 4.69) is 26.2 Å². The fourth-order valence-electron chi connectivity index (χ4n) is 1.35. The van der Waals surface area contributed by atoms with Gasteiger partial charge in [-0.3, -0.25) is 4.79 Å². The Kier molecular flexibility index (Phi) is 6.10. The van der Waals surface area contributed by atoms with Crippen LogP contribution >= 0.6 is 15.9 Å². The molecule has 1 atom stereocenters. The minimum atomic E-state index is -0.276. The third-order valence-electron chi connectivity index (χ3n) is 2.13. The molecule has 0 saturated carbocycles. The number of carbonyl (C=O) groups excluding carboxylic acids is 1. The predicted molar refractivity (Wildman–Crippen MR) is 66.8 cm³/mol. The van der Waals surface area contributed by atoms with Gasteiger partial charge in [-0.25, -0.2) is 4.98 Å². The molecule has 0 aliphatic carbocycles. The Bertz CT molecular complexity index is 367. The van der Waals surface area contributed by atoms with Crippen molar-refractivity contribution in [1.82, 2.24) is 10.3 Å². The van der Waals surface area contributed by atoms with E-state index >= 15 is 0 Å². The molecule has 0 aliphatic rings. The second-order valence-electron chi connectivity index (χ2n) is 3.48. The van der Waals surface area contributed by atoms with E-state index < -0.39 is 0 Å². The number of amides is 1. The van der Waals surface area contributed by atoms with Gasteiger partial charge >= 0.3 is 0 Å². The molecule has 0 aliphatic heterocycles. The molecular weight excluding hydrogens is 288 g/mol. The van der Waals surface area contributed by atoms with Gasteiger partial charge in [0.05, 0.1) is 12.6 Å². The minimum absolute atomic E-state index is 0.000218. The second-order valence-corrected chi connectivity index (χ2v) is 4.30. The van der Waals surface area contributed by atoms with Crippen molar-refractivity contribution in [3.8, 4) is 0 Å². The number of ether oxygens (including phenoxy) is 1. The van der Waals surface area contributed by atoms with Crippen molar-refractivity contribution in [3.05, 3.63) is 28.5 Å². The van der Waals surface area contributed by atoms with Crippen molar-refractivity contribution in [2.45, 2.75) is 12.5 Å². The van der Waals surface area contributed by atoms with E-state index in [1.54, 1.807) is 25.3 Å². The molecule has 1 heterocycles. The van der Waals surface area contributed by atoms with Crippen LogP contribution in [0.2, 0.25) is 0 Å². The Morgan fingerprint density at radius 2 is 2.41 bits per heavy atom. The molecule has 1 rings (SSSR count). The van der Waals surface area contributed by atoms with E-state index in [4.69, 9.17) is 9.84 Å². The number of hydrogen-bond acceptors (Lipinski definition) is 4. The van der Waals surface area contributed by atoms with E-state index in [9.17, 15) is 4.79 Å². The number of nitrogens with zero attached hydrogens (tertiary/aromatic N) is 1. The average Bonchev–Trinajstić information content (AvgIpc) is 2.29. The molecule has 17 heavy (non-hydrogen) atoms. The largest absolute Gasteiger partial charge is 0.396 e. The topological polar surface area (TPSA) is 71.5 Å². The molecule has 0 aromatic carbocycles. The van der Waals surface area contributed by atoms with E-state index in [0.29, 0.717) is 23.3 Å². The van der Waals surface area contributed by atoms with Crippen molar-refractivity contribution < 1.29 is 14.6 Å². The lowest BCUT2D eigenvalue weighted by Gasteiger charge is -2.16. The summed E-state index contributed by atoms with van der Waals surface area (Å²) in [6.45, 7) is 0.362. The monoisotopic (exact) mass is 302 g/mol. The van der Waals surface area contributed by atoms with E-state index in [0.717, 1.165) is 0 Å². The lowest BCUT2D eigenvalue weighted by atomic mass is 10.2. The zero-order valence-corrected chi connectivity index (χ0v) is 11.1. The van der Waals surface area contributed by atoms with Crippen LogP contribution in [-0.2, 0) is 4.74 Å². The Hall–Kier alpha value is -0.980. The molecule has 0 saturated heterocycles. The molecule has 1 unspecified atom stereocenters. The van der Waals surface area contributed by atoms with Crippen molar-refractivity contribution in [3.63, 3.8) is 0 Å². The molecule has 1 amide bonds. The van der Waals surface area contributed by atoms with Gasteiger partial charge in [0, 0.05) is 13.7 Å². The predicted octanol–water partition coefficient (Wildman–Crippen LogP) is 0.971. The Morgan fingerprint density at radius 1 is 1.65 bits per heavy atom. The maximum absolute atomic E-state index is 11.8. The summed E-state index contributed by atoms with van der Waals surface area (Å²) in [6, 6.07) is 4.90. The number of nitrogens with one attached hydrogen (secondary N) is 1. The van der Waals surface area contributed by atoms with Gasteiger partial charge in [-0.15, -0.1) is 0 Å². The summed E-state index contributed by atoms with van der Waals surface area (Å²) < 4.78 is 5.57. The highest BCUT2D eigenvalue weighted by Crippen LogP contribution is 2.06.